The van der Waals surface area contributed by atoms with E-state index in [9.17, 15) is 8.42 Å². The molecule has 0 spiro atoms. The first-order valence-corrected chi connectivity index (χ1v) is 8.87. The first kappa shape index (κ1) is 16.2. The molecule has 0 heterocycles. The van der Waals surface area contributed by atoms with Gasteiger partial charge in [-0.1, -0.05) is 26.2 Å². The normalized spacial score (nSPS) is 19.9. The standard InChI is InChI=1S/C12H24ClNO3S/c1-11(9-13)10-18(15,16)14-7-8-17-12-5-3-2-4-6-12/h11-12,14H,2-10H2,1H3. The van der Waals surface area contributed by atoms with Crippen molar-refractivity contribution in [3.05, 3.63) is 0 Å². The minimum atomic E-state index is -3.21. The molecule has 0 radical (unpaired) electrons. The Morgan fingerprint density at radius 2 is 2.00 bits per heavy atom. The third-order valence-corrected chi connectivity index (χ3v) is 5.28. The monoisotopic (exact) mass is 297 g/mol. The van der Waals surface area contributed by atoms with Gasteiger partial charge in [0.05, 0.1) is 18.5 Å². The predicted octanol–water partition coefficient (Wildman–Crippen LogP) is 2.13. The van der Waals surface area contributed by atoms with Crippen LogP contribution in [-0.4, -0.2) is 39.3 Å². The summed E-state index contributed by atoms with van der Waals surface area (Å²) in [5.41, 5.74) is 0. The van der Waals surface area contributed by atoms with Crippen molar-refractivity contribution in [3.63, 3.8) is 0 Å². The topological polar surface area (TPSA) is 55.4 Å². The maximum atomic E-state index is 11.6. The van der Waals surface area contributed by atoms with E-state index in [0.717, 1.165) is 12.8 Å². The molecule has 6 heteroatoms. The van der Waals surface area contributed by atoms with Gasteiger partial charge in [0.15, 0.2) is 0 Å². The van der Waals surface area contributed by atoms with Gasteiger partial charge in [-0.3, -0.25) is 0 Å². The van der Waals surface area contributed by atoms with Crippen molar-refractivity contribution < 1.29 is 13.2 Å². The van der Waals surface area contributed by atoms with E-state index in [0.29, 0.717) is 25.1 Å². The van der Waals surface area contributed by atoms with Crippen molar-refractivity contribution in [1.29, 1.82) is 0 Å². The fraction of sp³-hybridized carbons (Fsp3) is 1.00. The molecule has 0 aromatic rings. The highest BCUT2D eigenvalue weighted by Gasteiger charge is 2.16. The zero-order chi connectivity index (χ0) is 13.4. The fourth-order valence-electron chi connectivity index (χ4n) is 2.13. The molecule has 1 N–H and O–H groups in total. The van der Waals surface area contributed by atoms with E-state index < -0.39 is 10.0 Å². The van der Waals surface area contributed by atoms with Crippen molar-refractivity contribution in [2.75, 3.05) is 24.8 Å². The lowest BCUT2D eigenvalue weighted by Crippen LogP contribution is -2.33. The summed E-state index contributed by atoms with van der Waals surface area (Å²) < 4.78 is 31.5. The van der Waals surface area contributed by atoms with E-state index in [1.165, 1.54) is 19.3 Å². The van der Waals surface area contributed by atoms with Crippen LogP contribution < -0.4 is 4.72 Å². The average molecular weight is 298 g/mol. The number of nitrogens with one attached hydrogen (secondary N) is 1. The second kappa shape index (κ2) is 8.35. The zero-order valence-corrected chi connectivity index (χ0v) is 12.6. The Morgan fingerprint density at radius 1 is 1.33 bits per heavy atom. The van der Waals surface area contributed by atoms with Crippen molar-refractivity contribution in [3.8, 4) is 0 Å². The molecule has 0 saturated heterocycles. The van der Waals surface area contributed by atoms with Gasteiger partial charge in [-0.05, 0) is 18.8 Å². The van der Waals surface area contributed by atoms with Gasteiger partial charge in [0.25, 0.3) is 0 Å². The largest absolute Gasteiger partial charge is 0.377 e. The van der Waals surface area contributed by atoms with Crippen molar-refractivity contribution in [1.82, 2.24) is 4.72 Å². The summed E-state index contributed by atoms with van der Waals surface area (Å²) in [5.74, 6) is 0.419. The molecule has 1 fully saturated rings. The summed E-state index contributed by atoms with van der Waals surface area (Å²) in [6.07, 6.45) is 6.28. The lowest BCUT2D eigenvalue weighted by atomic mass is 9.98. The van der Waals surface area contributed by atoms with Crippen LogP contribution in [0.4, 0.5) is 0 Å². The van der Waals surface area contributed by atoms with Crippen molar-refractivity contribution in [2.45, 2.75) is 45.1 Å². The lowest BCUT2D eigenvalue weighted by Gasteiger charge is -2.22. The number of ether oxygens (including phenoxy) is 1. The molecule has 1 saturated carbocycles. The average Bonchev–Trinajstić information content (AvgIpc) is 2.35. The molecular formula is C12H24ClNO3S. The third-order valence-electron chi connectivity index (χ3n) is 3.10. The van der Waals surface area contributed by atoms with Gasteiger partial charge in [0.1, 0.15) is 0 Å². The van der Waals surface area contributed by atoms with Crippen molar-refractivity contribution in [2.24, 2.45) is 5.92 Å². The van der Waals surface area contributed by atoms with Crippen LogP contribution in [0.3, 0.4) is 0 Å². The summed E-state index contributed by atoms with van der Waals surface area (Å²) in [6.45, 7) is 2.64. The van der Waals surface area contributed by atoms with Crippen LogP contribution in [0.15, 0.2) is 0 Å². The van der Waals surface area contributed by atoms with E-state index in [-0.39, 0.29) is 11.7 Å². The van der Waals surface area contributed by atoms with Gasteiger partial charge in [-0.2, -0.15) is 0 Å². The van der Waals surface area contributed by atoms with E-state index >= 15 is 0 Å². The second-order valence-corrected chi connectivity index (χ2v) is 7.23. The number of alkyl halides is 1. The van der Waals surface area contributed by atoms with Gasteiger partial charge in [-0.15, -0.1) is 11.6 Å². The van der Waals surface area contributed by atoms with Crippen LogP contribution in [0.5, 0.6) is 0 Å². The highest BCUT2D eigenvalue weighted by Crippen LogP contribution is 2.19. The first-order chi connectivity index (χ1) is 8.53. The Balaban J connectivity index is 2.12. The first-order valence-electron chi connectivity index (χ1n) is 6.68. The molecule has 108 valence electrons. The summed E-state index contributed by atoms with van der Waals surface area (Å²) >= 11 is 5.60. The highest BCUT2D eigenvalue weighted by molar-refractivity contribution is 7.89. The Labute approximate surface area is 115 Å². The molecule has 1 rings (SSSR count). The Hall–Kier alpha value is 0.160. The smallest absolute Gasteiger partial charge is 0.211 e. The van der Waals surface area contributed by atoms with Crippen LogP contribution in [0.1, 0.15) is 39.0 Å². The van der Waals surface area contributed by atoms with Crippen LogP contribution in [0.2, 0.25) is 0 Å². The van der Waals surface area contributed by atoms with Crippen LogP contribution in [0, 0.1) is 5.92 Å². The lowest BCUT2D eigenvalue weighted by molar-refractivity contribution is 0.0321. The van der Waals surface area contributed by atoms with E-state index in [2.05, 4.69) is 4.72 Å². The minimum absolute atomic E-state index is 0.0246. The Kier molecular flexibility index (Phi) is 7.53. The van der Waals surface area contributed by atoms with Gasteiger partial charge >= 0.3 is 0 Å². The summed E-state index contributed by atoms with van der Waals surface area (Å²) in [4.78, 5) is 0. The summed E-state index contributed by atoms with van der Waals surface area (Å²) in [7, 11) is -3.21. The predicted molar refractivity (Wildman–Crippen MR) is 74.5 cm³/mol. The maximum absolute atomic E-state index is 11.6. The van der Waals surface area contributed by atoms with Gasteiger partial charge in [-0.25, -0.2) is 13.1 Å². The molecule has 18 heavy (non-hydrogen) atoms. The fourth-order valence-corrected chi connectivity index (χ4v) is 3.75. The molecule has 1 aliphatic carbocycles. The quantitative estimate of drug-likeness (QED) is 0.551. The molecule has 4 nitrogen and oxygen atoms in total. The number of hydrogen-bond donors (Lipinski definition) is 1. The van der Waals surface area contributed by atoms with Crippen molar-refractivity contribution >= 4 is 21.6 Å². The van der Waals surface area contributed by atoms with Crippen LogP contribution in [-0.2, 0) is 14.8 Å². The summed E-state index contributed by atoms with van der Waals surface area (Å²) in [5, 5.41) is 0. The van der Waals surface area contributed by atoms with Gasteiger partial charge in [0.2, 0.25) is 10.0 Å². The Morgan fingerprint density at radius 3 is 2.61 bits per heavy atom. The molecule has 0 aromatic heterocycles. The SMILES string of the molecule is CC(CCl)CS(=O)(=O)NCCOC1CCCCC1. The number of rotatable bonds is 8. The maximum Gasteiger partial charge on any atom is 0.211 e. The second-order valence-electron chi connectivity index (χ2n) is 5.07. The highest BCUT2D eigenvalue weighted by atomic mass is 35.5. The van der Waals surface area contributed by atoms with Gasteiger partial charge < -0.3 is 4.74 Å². The summed E-state index contributed by atoms with van der Waals surface area (Å²) in [6, 6.07) is 0. The number of halogens is 1. The van der Waals surface area contributed by atoms with E-state index in [1.54, 1.807) is 0 Å². The van der Waals surface area contributed by atoms with E-state index in [1.807, 2.05) is 6.92 Å². The molecular weight excluding hydrogens is 274 g/mol. The van der Waals surface area contributed by atoms with E-state index in [4.69, 9.17) is 16.3 Å². The number of sulfonamides is 1. The zero-order valence-electron chi connectivity index (χ0n) is 11.0. The molecule has 1 aliphatic rings. The third kappa shape index (κ3) is 6.92. The molecule has 0 amide bonds. The molecule has 1 atom stereocenters. The van der Waals surface area contributed by atoms with Gasteiger partial charge in [0, 0.05) is 12.4 Å². The van der Waals surface area contributed by atoms with Crippen LogP contribution >= 0.6 is 11.6 Å². The molecule has 1 unspecified atom stereocenters. The number of hydrogen-bond acceptors (Lipinski definition) is 3. The minimum Gasteiger partial charge on any atom is -0.377 e. The van der Waals surface area contributed by atoms with Crippen LogP contribution in [0.25, 0.3) is 0 Å². The molecule has 0 aliphatic heterocycles. The molecule has 0 bridgehead atoms. The Bertz CT molecular complexity index is 315. The molecule has 0 aromatic carbocycles.